The number of hydrogen-bond acceptors (Lipinski definition) is 4. The number of nitrogens with one attached hydrogen (secondary N) is 2. The van der Waals surface area contributed by atoms with E-state index >= 15 is 0 Å². The van der Waals surface area contributed by atoms with Gasteiger partial charge in [-0.2, -0.15) is 0 Å². The highest BCUT2D eigenvalue weighted by atomic mass is 16.5. The lowest BCUT2D eigenvalue weighted by atomic mass is 10.2. The van der Waals surface area contributed by atoms with Crippen molar-refractivity contribution < 1.29 is 9.53 Å². The lowest BCUT2D eigenvalue weighted by Crippen LogP contribution is -2.24. The predicted molar refractivity (Wildman–Crippen MR) is 79.2 cm³/mol. The van der Waals surface area contributed by atoms with Gasteiger partial charge in [-0.15, -0.1) is 0 Å². The van der Waals surface area contributed by atoms with Crippen LogP contribution in [0.4, 0.5) is 17.1 Å². The van der Waals surface area contributed by atoms with Crippen molar-refractivity contribution in [1.82, 2.24) is 0 Å². The van der Waals surface area contributed by atoms with Gasteiger partial charge in [0.25, 0.3) is 0 Å². The van der Waals surface area contributed by atoms with Crippen LogP contribution in [0.3, 0.4) is 0 Å². The Balaban J connectivity index is 1.64. The molecular weight excluding hydrogens is 252 g/mol. The number of rotatable bonds is 4. The highest BCUT2D eigenvalue weighted by Crippen LogP contribution is 2.20. The van der Waals surface area contributed by atoms with Crippen LogP contribution in [-0.4, -0.2) is 18.6 Å². The molecule has 1 aliphatic rings. The van der Waals surface area contributed by atoms with Crippen molar-refractivity contribution in [3.8, 4) is 0 Å². The standard InChI is InChI=1S/C16H16N2O2/c19-16-15(10-11-20-16)18-14-8-6-13(7-9-14)17-12-4-2-1-3-5-12/h1-9,15,17-18H,10-11H2. The second kappa shape index (κ2) is 5.65. The zero-order valence-corrected chi connectivity index (χ0v) is 11.0. The second-order valence-corrected chi connectivity index (χ2v) is 4.72. The van der Waals surface area contributed by atoms with Crippen LogP contribution in [-0.2, 0) is 9.53 Å². The number of esters is 1. The first kappa shape index (κ1) is 12.5. The van der Waals surface area contributed by atoms with Crippen molar-refractivity contribution in [3.63, 3.8) is 0 Å². The predicted octanol–water partition coefficient (Wildman–Crippen LogP) is 3.16. The van der Waals surface area contributed by atoms with Crippen molar-refractivity contribution in [2.45, 2.75) is 12.5 Å². The Labute approximate surface area is 117 Å². The number of carbonyl (C=O) groups excluding carboxylic acids is 1. The van der Waals surface area contributed by atoms with Gasteiger partial charge < -0.3 is 15.4 Å². The summed E-state index contributed by atoms with van der Waals surface area (Å²) in [6.07, 6.45) is 0.725. The van der Waals surface area contributed by atoms with E-state index in [1.54, 1.807) is 0 Å². The molecule has 2 aromatic rings. The number of ether oxygens (including phenoxy) is 1. The first-order valence-corrected chi connectivity index (χ1v) is 6.66. The van der Waals surface area contributed by atoms with Gasteiger partial charge in [-0.25, -0.2) is 4.79 Å². The lowest BCUT2D eigenvalue weighted by Gasteiger charge is -2.11. The largest absolute Gasteiger partial charge is 0.464 e. The van der Waals surface area contributed by atoms with Crippen molar-refractivity contribution in [2.24, 2.45) is 0 Å². The minimum atomic E-state index is -0.220. The maximum atomic E-state index is 11.4. The molecule has 4 nitrogen and oxygen atoms in total. The maximum absolute atomic E-state index is 11.4. The summed E-state index contributed by atoms with van der Waals surface area (Å²) >= 11 is 0. The van der Waals surface area contributed by atoms with Gasteiger partial charge in [0.1, 0.15) is 6.04 Å². The van der Waals surface area contributed by atoms with Gasteiger partial charge in [0.05, 0.1) is 6.61 Å². The maximum Gasteiger partial charge on any atom is 0.328 e. The fourth-order valence-electron chi connectivity index (χ4n) is 2.17. The van der Waals surface area contributed by atoms with Gasteiger partial charge in [0.15, 0.2) is 0 Å². The Morgan fingerprint density at radius 3 is 2.20 bits per heavy atom. The van der Waals surface area contributed by atoms with Crippen molar-refractivity contribution in [3.05, 3.63) is 54.6 Å². The number of cyclic esters (lactones) is 1. The Morgan fingerprint density at radius 1 is 0.900 bits per heavy atom. The SMILES string of the molecule is O=C1OCCC1Nc1ccc(Nc2ccccc2)cc1. The number of para-hydroxylation sites is 1. The van der Waals surface area contributed by atoms with Crippen LogP contribution in [0.2, 0.25) is 0 Å². The Hall–Kier alpha value is -2.49. The van der Waals surface area contributed by atoms with Gasteiger partial charge >= 0.3 is 5.97 Å². The van der Waals surface area contributed by atoms with Gasteiger partial charge in [0.2, 0.25) is 0 Å². The van der Waals surface area contributed by atoms with E-state index in [0.717, 1.165) is 23.5 Å². The van der Waals surface area contributed by atoms with E-state index < -0.39 is 0 Å². The molecule has 1 atom stereocenters. The van der Waals surface area contributed by atoms with E-state index in [2.05, 4.69) is 10.6 Å². The Kier molecular flexibility index (Phi) is 3.54. The molecule has 0 radical (unpaired) electrons. The van der Waals surface area contributed by atoms with E-state index in [4.69, 9.17) is 4.74 Å². The monoisotopic (exact) mass is 268 g/mol. The number of anilines is 3. The number of benzene rings is 2. The molecule has 0 amide bonds. The molecule has 0 aliphatic carbocycles. The topological polar surface area (TPSA) is 50.4 Å². The third-order valence-electron chi connectivity index (χ3n) is 3.22. The third kappa shape index (κ3) is 2.91. The Bertz CT molecular complexity index is 581. The van der Waals surface area contributed by atoms with Gasteiger partial charge in [-0.1, -0.05) is 18.2 Å². The molecule has 4 heteroatoms. The average Bonchev–Trinajstić information content (AvgIpc) is 2.88. The highest BCUT2D eigenvalue weighted by molar-refractivity contribution is 5.81. The Morgan fingerprint density at radius 2 is 1.55 bits per heavy atom. The minimum Gasteiger partial charge on any atom is -0.464 e. The summed E-state index contributed by atoms with van der Waals surface area (Å²) in [5.41, 5.74) is 2.98. The summed E-state index contributed by atoms with van der Waals surface area (Å²) in [7, 11) is 0. The fraction of sp³-hybridized carbons (Fsp3) is 0.188. The highest BCUT2D eigenvalue weighted by Gasteiger charge is 2.25. The zero-order chi connectivity index (χ0) is 13.8. The normalized spacial score (nSPS) is 17.6. The molecule has 1 heterocycles. The molecule has 1 unspecified atom stereocenters. The lowest BCUT2D eigenvalue weighted by molar-refractivity contribution is -0.138. The van der Waals surface area contributed by atoms with Crippen LogP contribution < -0.4 is 10.6 Å². The van der Waals surface area contributed by atoms with Crippen molar-refractivity contribution >= 4 is 23.0 Å². The van der Waals surface area contributed by atoms with Gasteiger partial charge in [-0.3, -0.25) is 0 Å². The summed E-state index contributed by atoms with van der Waals surface area (Å²) in [5.74, 6) is -0.170. The fourth-order valence-corrected chi connectivity index (χ4v) is 2.17. The van der Waals surface area contributed by atoms with E-state index in [1.807, 2.05) is 54.6 Å². The molecular formula is C16H16N2O2. The molecule has 1 aliphatic heterocycles. The summed E-state index contributed by atoms with van der Waals surface area (Å²) in [4.78, 5) is 11.4. The summed E-state index contributed by atoms with van der Waals surface area (Å²) in [6, 6.07) is 17.6. The molecule has 0 spiro atoms. The molecule has 20 heavy (non-hydrogen) atoms. The van der Waals surface area contributed by atoms with Gasteiger partial charge in [0, 0.05) is 23.5 Å². The van der Waals surface area contributed by atoms with Crippen LogP contribution in [0, 0.1) is 0 Å². The summed E-state index contributed by atoms with van der Waals surface area (Å²) in [5, 5.41) is 6.49. The number of carbonyl (C=O) groups is 1. The minimum absolute atomic E-state index is 0.170. The average molecular weight is 268 g/mol. The molecule has 1 fully saturated rings. The first-order chi connectivity index (χ1) is 9.81. The molecule has 2 N–H and O–H groups in total. The van der Waals surface area contributed by atoms with E-state index in [1.165, 1.54) is 0 Å². The molecule has 1 saturated heterocycles. The zero-order valence-electron chi connectivity index (χ0n) is 11.0. The second-order valence-electron chi connectivity index (χ2n) is 4.72. The van der Waals surface area contributed by atoms with Crippen LogP contribution in [0.15, 0.2) is 54.6 Å². The van der Waals surface area contributed by atoms with Crippen LogP contribution in [0.25, 0.3) is 0 Å². The number of hydrogen-bond donors (Lipinski definition) is 2. The van der Waals surface area contributed by atoms with E-state index in [0.29, 0.717) is 6.61 Å². The third-order valence-corrected chi connectivity index (χ3v) is 3.22. The molecule has 0 aromatic heterocycles. The molecule has 2 aromatic carbocycles. The van der Waals surface area contributed by atoms with Crippen molar-refractivity contribution in [1.29, 1.82) is 0 Å². The summed E-state index contributed by atoms with van der Waals surface area (Å²) in [6.45, 7) is 0.504. The van der Waals surface area contributed by atoms with E-state index in [9.17, 15) is 4.79 Å². The first-order valence-electron chi connectivity index (χ1n) is 6.66. The van der Waals surface area contributed by atoms with Crippen LogP contribution in [0.5, 0.6) is 0 Å². The molecule has 0 bridgehead atoms. The van der Waals surface area contributed by atoms with Gasteiger partial charge in [-0.05, 0) is 36.4 Å². The molecule has 102 valence electrons. The smallest absolute Gasteiger partial charge is 0.328 e. The van der Waals surface area contributed by atoms with Crippen molar-refractivity contribution in [2.75, 3.05) is 17.2 Å². The van der Waals surface area contributed by atoms with E-state index in [-0.39, 0.29) is 12.0 Å². The van der Waals surface area contributed by atoms with Crippen LogP contribution >= 0.6 is 0 Å². The quantitative estimate of drug-likeness (QED) is 0.836. The summed E-state index contributed by atoms with van der Waals surface area (Å²) < 4.78 is 4.93. The molecule has 3 rings (SSSR count). The van der Waals surface area contributed by atoms with Crippen LogP contribution in [0.1, 0.15) is 6.42 Å². The molecule has 0 saturated carbocycles.